The van der Waals surface area contributed by atoms with Gasteiger partial charge in [-0.25, -0.2) is 0 Å². The van der Waals surface area contributed by atoms with Crippen LogP contribution < -0.4 is 17.7 Å². The summed E-state index contributed by atoms with van der Waals surface area (Å²) in [6, 6.07) is 9.19. The van der Waals surface area contributed by atoms with E-state index in [9.17, 15) is 5.11 Å². The molecular weight excluding hydrogens is 330 g/mol. The van der Waals surface area contributed by atoms with Gasteiger partial charge in [0.15, 0.2) is 0 Å². The van der Waals surface area contributed by atoms with Gasteiger partial charge in [0.05, 0.1) is 6.04 Å². The van der Waals surface area contributed by atoms with Gasteiger partial charge in [0.1, 0.15) is 12.6 Å². The molecule has 2 nitrogen and oxygen atoms in total. The van der Waals surface area contributed by atoms with E-state index in [2.05, 4.69) is 71.1 Å². The summed E-state index contributed by atoms with van der Waals surface area (Å²) < 4.78 is 0. The van der Waals surface area contributed by atoms with Gasteiger partial charge < -0.3 is 22.8 Å². The third kappa shape index (κ3) is 6.58. The molecule has 3 heteroatoms. The lowest BCUT2D eigenvalue weighted by atomic mass is 9.71. The average Bonchev–Trinajstić information content (AvgIpc) is 2.51. The number of rotatable bonds is 4. The summed E-state index contributed by atoms with van der Waals surface area (Å²) in [6.07, 6.45) is 4.89. The monoisotopic (exact) mass is 367 g/mol. The summed E-state index contributed by atoms with van der Waals surface area (Å²) in [5, 5.41) is 12.9. The normalized spacial score (nSPS) is 23.0. The zero-order chi connectivity index (χ0) is 18.0. The van der Waals surface area contributed by atoms with Gasteiger partial charge in [0.2, 0.25) is 0 Å². The smallest absolute Gasteiger partial charge is 0.128 e. The number of benzene rings is 1. The molecule has 1 atom stereocenters. The van der Waals surface area contributed by atoms with Crippen molar-refractivity contribution in [1.29, 1.82) is 0 Å². The molecule has 0 radical (unpaired) electrons. The predicted octanol–water partition coefficient (Wildman–Crippen LogP) is 1.19. The Balaban J connectivity index is 0.00000312. The first-order chi connectivity index (χ1) is 11.1. The van der Waals surface area contributed by atoms with Gasteiger partial charge in [-0.1, -0.05) is 65.8 Å². The second kappa shape index (κ2) is 8.88. The van der Waals surface area contributed by atoms with E-state index in [1.807, 2.05) is 0 Å². The molecule has 3 N–H and O–H groups in total. The number of hydrogen-bond acceptors (Lipinski definition) is 1. The summed E-state index contributed by atoms with van der Waals surface area (Å²) in [7, 11) is 0. The molecule has 1 unspecified atom stereocenters. The number of hydrogen-bond donors (Lipinski definition) is 2. The summed E-state index contributed by atoms with van der Waals surface area (Å²) in [5.74, 6) is 0.858. The fourth-order valence-electron chi connectivity index (χ4n) is 3.88. The maximum atomic E-state index is 10.5. The van der Waals surface area contributed by atoms with Crippen LogP contribution in [0, 0.1) is 11.3 Å². The fourth-order valence-corrected chi connectivity index (χ4v) is 3.88. The molecule has 144 valence electrons. The van der Waals surface area contributed by atoms with Crippen LogP contribution in [0.3, 0.4) is 0 Å². The molecule has 1 aliphatic rings. The topological polar surface area (TPSA) is 36.8 Å². The average molecular weight is 368 g/mol. The highest BCUT2D eigenvalue weighted by Gasteiger charge is 2.31. The van der Waals surface area contributed by atoms with Gasteiger partial charge in [-0.05, 0) is 53.6 Å². The molecule has 0 bridgehead atoms. The zero-order valence-electron chi connectivity index (χ0n) is 17.0. The van der Waals surface area contributed by atoms with Crippen molar-refractivity contribution in [2.24, 2.45) is 11.3 Å². The molecule has 1 aromatic rings. The summed E-state index contributed by atoms with van der Waals surface area (Å²) >= 11 is 0. The Kier molecular flexibility index (Phi) is 7.98. The molecule has 1 saturated carbocycles. The Bertz CT molecular complexity index is 504. The molecular formula is C22H38ClNO. The third-order valence-electron chi connectivity index (χ3n) is 5.85. The van der Waals surface area contributed by atoms with Gasteiger partial charge in [-0.2, -0.15) is 0 Å². The van der Waals surface area contributed by atoms with E-state index in [4.69, 9.17) is 0 Å². The van der Waals surface area contributed by atoms with Gasteiger partial charge >= 0.3 is 0 Å². The summed E-state index contributed by atoms with van der Waals surface area (Å²) in [5.41, 5.74) is 2.98. The van der Waals surface area contributed by atoms with Crippen molar-refractivity contribution in [3.8, 4) is 0 Å². The summed E-state index contributed by atoms with van der Waals surface area (Å²) in [4.78, 5) is 0. The lowest BCUT2D eigenvalue weighted by Crippen LogP contribution is -3.00. The van der Waals surface area contributed by atoms with Crippen LogP contribution in [0.1, 0.15) is 84.5 Å². The zero-order valence-corrected chi connectivity index (χ0v) is 17.7. The van der Waals surface area contributed by atoms with Crippen molar-refractivity contribution >= 4 is 0 Å². The molecule has 1 aliphatic carbocycles. The van der Waals surface area contributed by atoms with Gasteiger partial charge in [-0.3, -0.25) is 0 Å². The Morgan fingerprint density at radius 3 is 1.92 bits per heavy atom. The SMILES string of the molecule is CC(C)(C)c1ccc(C(O)C[NH2+]C2CCC(C(C)(C)C)CC2)cc1.[Cl-]. The van der Waals surface area contributed by atoms with Crippen LogP contribution in [-0.2, 0) is 5.41 Å². The molecule has 1 fully saturated rings. The molecule has 0 amide bonds. The lowest BCUT2D eigenvalue weighted by molar-refractivity contribution is -0.698. The van der Waals surface area contributed by atoms with E-state index in [-0.39, 0.29) is 23.9 Å². The van der Waals surface area contributed by atoms with Crippen molar-refractivity contribution in [3.63, 3.8) is 0 Å². The number of nitrogens with two attached hydrogens (primary N) is 1. The largest absolute Gasteiger partial charge is 1.00 e. The molecule has 0 saturated heterocycles. The molecule has 0 aromatic heterocycles. The quantitative estimate of drug-likeness (QED) is 0.824. The van der Waals surface area contributed by atoms with Crippen LogP contribution in [0.15, 0.2) is 24.3 Å². The minimum atomic E-state index is -0.362. The molecule has 0 aliphatic heterocycles. The van der Waals surface area contributed by atoms with Crippen LogP contribution >= 0.6 is 0 Å². The molecule has 0 spiro atoms. The van der Waals surface area contributed by atoms with E-state index in [0.717, 1.165) is 18.0 Å². The maximum Gasteiger partial charge on any atom is 0.128 e. The Hall–Kier alpha value is -0.570. The predicted molar refractivity (Wildman–Crippen MR) is 102 cm³/mol. The van der Waals surface area contributed by atoms with E-state index < -0.39 is 0 Å². The number of aliphatic hydroxyl groups is 1. The highest BCUT2D eigenvalue weighted by atomic mass is 35.5. The highest BCUT2D eigenvalue weighted by molar-refractivity contribution is 5.28. The second-order valence-corrected chi connectivity index (χ2v) is 9.84. The van der Waals surface area contributed by atoms with Gasteiger partial charge in [-0.15, -0.1) is 0 Å². The highest BCUT2D eigenvalue weighted by Crippen LogP contribution is 2.37. The van der Waals surface area contributed by atoms with Crippen LogP contribution in [-0.4, -0.2) is 17.7 Å². The molecule has 25 heavy (non-hydrogen) atoms. The second-order valence-electron chi connectivity index (χ2n) is 9.84. The van der Waals surface area contributed by atoms with E-state index in [1.54, 1.807) is 0 Å². The Morgan fingerprint density at radius 1 is 0.960 bits per heavy atom. The standard InChI is InChI=1S/C22H37NO.ClH/c1-21(2,3)17-9-7-16(8-10-17)20(24)15-23-19-13-11-18(12-14-19)22(4,5)6;/h7-10,18-20,23-24H,11-15H2,1-6H3;1H. The fraction of sp³-hybridized carbons (Fsp3) is 0.727. The van der Waals surface area contributed by atoms with Crippen LogP contribution in [0.4, 0.5) is 0 Å². The maximum absolute atomic E-state index is 10.5. The van der Waals surface area contributed by atoms with Crippen molar-refractivity contribution in [2.75, 3.05) is 6.54 Å². The van der Waals surface area contributed by atoms with Crippen LogP contribution in [0.2, 0.25) is 0 Å². The molecule has 2 rings (SSSR count). The van der Waals surface area contributed by atoms with Crippen molar-refractivity contribution in [3.05, 3.63) is 35.4 Å². The summed E-state index contributed by atoms with van der Waals surface area (Å²) in [6.45, 7) is 14.5. The van der Waals surface area contributed by atoms with E-state index in [0.29, 0.717) is 11.5 Å². The van der Waals surface area contributed by atoms with Crippen LogP contribution in [0.25, 0.3) is 0 Å². The van der Waals surface area contributed by atoms with Gasteiger partial charge in [0, 0.05) is 0 Å². The van der Waals surface area contributed by atoms with Crippen molar-refractivity contribution in [1.82, 2.24) is 0 Å². The first-order valence-electron chi connectivity index (χ1n) is 9.69. The van der Waals surface area contributed by atoms with Crippen molar-refractivity contribution in [2.45, 2.75) is 84.8 Å². The Morgan fingerprint density at radius 2 is 1.48 bits per heavy atom. The van der Waals surface area contributed by atoms with Crippen LogP contribution in [0.5, 0.6) is 0 Å². The minimum Gasteiger partial charge on any atom is -1.00 e. The van der Waals surface area contributed by atoms with E-state index in [1.165, 1.54) is 31.2 Å². The minimum absolute atomic E-state index is 0. The van der Waals surface area contributed by atoms with Crippen molar-refractivity contribution < 1.29 is 22.8 Å². The third-order valence-corrected chi connectivity index (χ3v) is 5.85. The number of aliphatic hydroxyl groups excluding tert-OH is 1. The molecule has 1 aromatic carbocycles. The first kappa shape index (κ1) is 22.5. The van der Waals surface area contributed by atoms with E-state index >= 15 is 0 Å². The molecule has 0 heterocycles. The Labute approximate surface area is 161 Å². The number of halogens is 1. The first-order valence-corrected chi connectivity index (χ1v) is 9.69. The van der Waals surface area contributed by atoms with Gasteiger partial charge in [0.25, 0.3) is 0 Å². The lowest BCUT2D eigenvalue weighted by Gasteiger charge is -2.36. The number of quaternary nitrogens is 1.